The summed E-state index contributed by atoms with van der Waals surface area (Å²) in [5.41, 5.74) is 0.747. The highest BCUT2D eigenvalue weighted by Gasteiger charge is 2.59. The standard InChI is InChI=1S/C26H35N5O5S/c1-16-11-18(15-28-14-16)23-29-30-24(31(23)22-20(34-5)9-8-10-21(22)35-6)26(36-7,17(2)37(27,32)33)19-12-25(3,4)13-19/h8-11,14-15,17,19H,12-13H2,1-7H3,(H2,27,32,33). The molecular weight excluding hydrogens is 494 g/mol. The number of methoxy groups -OCH3 is 3. The van der Waals surface area contributed by atoms with Gasteiger partial charge in [-0.2, -0.15) is 0 Å². The van der Waals surface area contributed by atoms with E-state index < -0.39 is 20.9 Å². The molecule has 1 fully saturated rings. The first-order valence-corrected chi connectivity index (χ1v) is 13.7. The lowest BCUT2D eigenvalue weighted by molar-refractivity contribution is -0.132. The average molecular weight is 530 g/mol. The summed E-state index contributed by atoms with van der Waals surface area (Å²) in [6.07, 6.45) is 4.87. The number of nitrogens with zero attached hydrogens (tertiary/aromatic N) is 4. The molecule has 1 aromatic carbocycles. The van der Waals surface area contributed by atoms with E-state index in [9.17, 15) is 8.42 Å². The third-order valence-corrected chi connectivity index (χ3v) is 8.75. The minimum atomic E-state index is -4.05. The molecule has 0 saturated heterocycles. The van der Waals surface area contributed by atoms with Crippen molar-refractivity contribution in [2.45, 2.75) is 51.4 Å². The molecule has 3 aromatic rings. The minimum Gasteiger partial charge on any atom is -0.494 e. The number of aromatic nitrogens is 4. The van der Waals surface area contributed by atoms with Gasteiger partial charge in [0.25, 0.3) is 0 Å². The van der Waals surface area contributed by atoms with Crippen LogP contribution in [0.25, 0.3) is 17.1 Å². The smallest absolute Gasteiger partial charge is 0.215 e. The summed E-state index contributed by atoms with van der Waals surface area (Å²) in [4.78, 5) is 4.34. The molecule has 0 spiro atoms. The number of ether oxygens (including phenoxy) is 3. The van der Waals surface area contributed by atoms with E-state index in [1.54, 1.807) is 50.2 Å². The monoisotopic (exact) mass is 529 g/mol. The van der Waals surface area contributed by atoms with E-state index >= 15 is 0 Å². The molecule has 10 nitrogen and oxygen atoms in total. The number of rotatable bonds is 9. The minimum absolute atomic E-state index is 0.0167. The zero-order valence-corrected chi connectivity index (χ0v) is 23.2. The predicted octanol–water partition coefficient (Wildman–Crippen LogP) is 3.61. The Hall–Kier alpha value is -3.02. The molecule has 1 aliphatic rings. The van der Waals surface area contributed by atoms with Crippen LogP contribution in [0.2, 0.25) is 0 Å². The van der Waals surface area contributed by atoms with Gasteiger partial charge in [0, 0.05) is 25.1 Å². The lowest BCUT2D eigenvalue weighted by Crippen LogP contribution is -2.57. The van der Waals surface area contributed by atoms with Crippen molar-refractivity contribution in [3.05, 3.63) is 48.0 Å². The molecule has 2 aromatic heterocycles. The Bertz CT molecular complexity index is 1370. The lowest BCUT2D eigenvalue weighted by atomic mass is 9.57. The van der Waals surface area contributed by atoms with Gasteiger partial charge in [-0.15, -0.1) is 10.2 Å². The lowest BCUT2D eigenvalue weighted by Gasteiger charge is -2.53. The zero-order chi connectivity index (χ0) is 27.2. The van der Waals surface area contributed by atoms with Crippen molar-refractivity contribution in [3.63, 3.8) is 0 Å². The third kappa shape index (κ3) is 4.60. The van der Waals surface area contributed by atoms with E-state index in [-0.39, 0.29) is 11.3 Å². The van der Waals surface area contributed by atoms with Crippen LogP contribution in [0.1, 0.15) is 45.0 Å². The maximum atomic E-state index is 12.9. The summed E-state index contributed by atoms with van der Waals surface area (Å²) >= 11 is 0. The number of sulfonamides is 1. The molecule has 1 aliphatic carbocycles. The van der Waals surface area contributed by atoms with E-state index in [0.29, 0.717) is 34.4 Å². The first-order chi connectivity index (χ1) is 17.4. The van der Waals surface area contributed by atoms with Gasteiger partial charge in [0.1, 0.15) is 28.0 Å². The summed E-state index contributed by atoms with van der Waals surface area (Å²) in [7, 11) is 0.560. The molecule has 2 atom stereocenters. The largest absolute Gasteiger partial charge is 0.494 e. The van der Waals surface area contributed by atoms with Crippen LogP contribution in [0.15, 0.2) is 36.7 Å². The number of hydrogen-bond acceptors (Lipinski definition) is 8. The Morgan fingerprint density at radius 3 is 2.22 bits per heavy atom. The van der Waals surface area contributed by atoms with Crippen LogP contribution in [0, 0.1) is 18.3 Å². The first kappa shape index (κ1) is 27.0. The highest BCUT2D eigenvalue weighted by Crippen LogP contribution is 2.56. The van der Waals surface area contributed by atoms with E-state index in [1.165, 1.54) is 7.11 Å². The maximum absolute atomic E-state index is 12.9. The normalized spacial score (nSPS) is 18.1. The van der Waals surface area contributed by atoms with Gasteiger partial charge in [-0.05, 0) is 61.8 Å². The Morgan fingerprint density at radius 1 is 1.11 bits per heavy atom. The van der Waals surface area contributed by atoms with E-state index in [2.05, 4.69) is 29.0 Å². The van der Waals surface area contributed by atoms with Crippen LogP contribution in [0.4, 0.5) is 0 Å². The highest BCUT2D eigenvalue weighted by atomic mass is 32.2. The number of nitrogens with two attached hydrogens (primary N) is 1. The van der Waals surface area contributed by atoms with Crippen molar-refractivity contribution in [3.8, 4) is 28.6 Å². The molecular formula is C26H35N5O5S. The van der Waals surface area contributed by atoms with Gasteiger partial charge in [-0.3, -0.25) is 9.55 Å². The molecule has 0 amide bonds. The van der Waals surface area contributed by atoms with Gasteiger partial charge in [0.2, 0.25) is 10.0 Å². The number of pyridine rings is 1. The van der Waals surface area contributed by atoms with Crippen LogP contribution < -0.4 is 14.6 Å². The predicted molar refractivity (Wildman–Crippen MR) is 140 cm³/mol. The topological polar surface area (TPSA) is 131 Å². The van der Waals surface area contributed by atoms with Crippen molar-refractivity contribution >= 4 is 10.0 Å². The van der Waals surface area contributed by atoms with Crippen LogP contribution in [-0.2, 0) is 20.4 Å². The van der Waals surface area contributed by atoms with Gasteiger partial charge in [-0.1, -0.05) is 19.9 Å². The quantitative estimate of drug-likeness (QED) is 0.445. The Labute approximate surface area is 218 Å². The summed E-state index contributed by atoms with van der Waals surface area (Å²) < 4.78 is 45.3. The average Bonchev–Trinajstić information content (AvgIpc) is 3.27. The number of benzene rings is 1. The molecule has 1 saturated carbocycles. The van der Waals surface area contributed by atoms with E-state index in [4.69, 9.17) is 19.3 Å². The molecule has 2 N–H and O–H groups in total. The molecule has 0 bridgehead atoms. The summed E-state index contributed by atoms with van der Waals surface area (Å²) in [5.74, 6) is 1.54. The van der Waals surface area contributed by atoms with Crippen LogP contribution in [0.3, 0.4) is 0 Å². The fourth-order valence-corrected chi connectivity index (χ4v) is 6.49. The van der Waals surface area contributed by atoms with Crippen molar-refractivity contribution in [2.24, 2.45) is 16.5 Å². The summed E-state index contributed by atoms with van der Waals surface area (Å²) in [6, 6.07) is 7.33. The third-order valence-electron chi connectivity index (χ3n) is 7.41. The van der Waals surface area contributed by atoms with E-state index in [1.807, 2.05) is 19.1 Å². The Morgan fingerprint density at radius 2 is 1.73 bits per heavy atom. The van der Waals surface area contributed by atoms with Gasteiger partial charge in [0.05, 0.1) is 14.2 Å². The molecule has 2 unspecified atom stereocenters. The SMILES string of the molecule is COc1cccc(OC)c1-n1c(-c2cncc(C)c2)nnc1C(OC)(C1CC(C)(C)C1)C(C)S(N)(=O)=O. The molecule has 0 aliphatic heterocycles. The fraction of sp³-hybridized carbons (Fsp3) is 0.500. The molecule has 37 heavy (non-hydrogen) atoms. The highest BCUT2D eigenvalue weighted by molar-refractivity contribution is 7.89. The molecule has 0 radical (unpaired) electrons. The van der Waals surface area contributed by atoms with Gasteiger partial charge >= 0.3 is 0 Å². The molecule has 2 heterocycles. The Balaban J connectivity index is 2.13. The fourth-order valence-electron chi connectivity index (χ4n) is 5.61. The van der Waals surface area contributed by atoms with Crippen LogP contribution in [0.5, 0.6) is 11.5 Å². The number of primary sulfonamides is 1. The van der Waals surface area contributed by atoms with Crippen molar-refractivity contribution < 1.29 is 22.6 Å². The van der Waals surface area contributed by atoms with Gasteiger partial charge < -0.3 is 14.2 Å². The van der Waals surface area contributed by atoms with Crippen LogP contribution in [-0.4, -0.2) is 54.7 Å². The number of aryl methyl sites for hydroxylation is 1. The molecule has 11 heteroatoms. The van der Waals surface area contributed by atoms with Gasteiger partial charge in [0.15, 0.2) is 11.6 Å². The Kier molecular flexibility index (Phi) is 7.08. The maximum Gasteiger partial charge on any atom is 0.215 e. The summed E-state index contributed by atoms with van der Waals surface area (Å²) in [5, 5.41) is 13.8. The second kappa shape index (κ2) is 9.70. The zero-order valence-electron chi connectivity index (χ0n) is 22.3. The van der Waals surface area contributed by atoms with Crippen molar-refractivity contribution in [2.75, 3.05) is 21.3 Å². The molecule has 4 rings (SSSR count). The first-order valence-electron chi connectivity index (χ1n) is 12.1. The summed E-state index contributed by atoms with van der Waals surface area (Å²) in [6.45, 7) is 7.78. The van der Waals surface area contributed by atoms with Crippen LogP contribution >= 0.6 is 0 Å². The second-order valence-electron chi connectivity index (χ2n) is 10.4. The van der Waals surface area contributed by atoms with Gasteiger partial charge in [-0.25, -0.2) is 13.6 Å². The molecule has 200 valence electrons. The number of hydrogen-bond donors (Lipinski definition) is 1. The second-order valence-corrected chi connectivity index (χ2v) is 12.3. The number of para-hydroxylation sites is 1. The van der Waals surface area contributed by atoms with E-state index in [0.717, 1.165) is 18.4 Å². The van der Waals surface area contributed by atoms with Crippen molar-refractivity contribution in [1.29, 1.82) is 0 Å². The van der Waals surface area contributed by atoms with Crippen molar-refractivity contribution in [1.82, 2.24) is 19.7 Å².